The zero-order chi connectivity index (χ0) is 31.5. The smallest absolute Gasteiger partial charge is 0.550 e. The number of carbonyl (C=O) groups is 2. The molecule has 2 N–H and O–H groups in total. The first-order valence-corrected chi connectivity index (χ1v) is 18.0. The van der Waals surface area contributed by atoms with Gasteiger partial charge in [0.25, 0.3) is 0 Å². The summed E-state index contributed by atoms with van der Waals surface area (Å²) in [4.78, 5) is 20.5. The average Bonchev–Trinajstić information content (AvgIpc) is 2.92. The van der Waals surface area contributed by atoms with E-state index in [2.05, 4.69) is 0 Å². The summed E-state index contributed by atoms with van der Waals surface area (Å²) in [6, 6.07) is 0. The van der Waals surface area contributed by atoms with Crippen molar-refractivity contribution in [3.8, 4) is 0 Å². The molecule has 0 aromatic heterocycles. The van der Waals surface area contributed by atoms with Crippen LogP contribution in [0.4, 0.5) is 0 Å². The van der Waals surface area contributed by atoms with E-state index >= 15 is 0 Å². The van der Waals surface area contributed by atoms with Gasteiger partial charge in [-0.15, -0.1) is 0 Å². The number of aliphatic hydroxyl groups excluding tert-OH is 2. The SMILES string of the molecule is CC(O)CCCCCCCCCCCCCCCC(=O)[O-].CC(O)CCCCCCCCCCCCCCCC(=O)[O-].[Ca+2]. The van der Waals surface area contributed by atoms with Crippen molar-refractivity contribution in [2.75, 3.05) is 0 Å². The molecule has 0 spiro atoms. The van der Waals surface area contributed by atoms with Crippen LogP contribution in [-0.2, 0) is 9.59 Å². The van der Waals surface area contributed by atoms with Crippen LogP contribution < -0.4 is 10.2 Å². The fourth-order valence-corrected chi connectivity index (χ4v) is 5.31. The molecule has 2 atom stereocenters. The molecule has 2 unspecified atom stereocenters. The molecule has 0 saturated heterocycles. The number of carboxylic acid groups (broad SMARTS) is 2. The first-order chi connectivity index (χ1) is 20.3. The Morgan fingerprint density at radius 3 is 0.721 bits per heavy atom. The minimum absolute atomic E-state index is 0. The summed E-state index contributed by atoms with van der Waals surface area (Å²) in [5, 5.41) is 38.7. The first kappa shape index (κ1) is 47.5. The number of rotatable bonds is 32. The minimum atomic E-state index is -0.916. The fraction of sp³-hybridized carbons (Fsp3) is 0.944. The third-order valence-electron chi connectivity index (χ3n) is 8.01. The van der Waals surface area contributed by atoms with Gasteiger partial charge in [0.1, 0.15) is 0 Å². The van der Waals surface area contributed by atoms with Crippen LogP contribution in [0.2, 0.25) is 0 Å². The largest absolute Gasteiger partial charge is 2.00 e. The van der Waals surface area contributed by atoms with Gasteiger partial charge >= 0.3 is 37.7 Å². The Kier molecular flexibility index (Phi) is 44.4. The molecule has 0 heterocycles. The van der Waals surface area contributed by atoms with E-state index in [9.17, 15) is 19.8 Å². The van der Waals surface area contributed by atoms with Gasteiger partial charge in [-0.05, 0) is 52.4 Å². The standard InChI is InChI=1S/2C18H36O3.Ca/c2*1-17(19)15-13-11-9-7-5-3-2-4-6-8-10-12-14-16-18(20)21;/h2*17,19H,2-16H2,1H3,(H,20,21);/q;;+2/p-2. The first-order valence-electron chi connectivity index (χ1n) is 18.0. The third kappa shape index (κ3) is 52.0. The van der Waals surface area contributed by atoms with Gasteiger partial charge in [-0.2, -0.15) is 0 Å². The summed E-state index contributed by atoms with van der Waals surface area (Å²) in [5.74, 6) is -1.83. The van der Waals surface area contributed by atoms with Crippen molar-refractivity contribution >= 4 is 49.7 Å². The predicted molar refractivity (Wildman–Crippen MR) is 178 cm³/mol. The second-order valence-electron chi connectivity index (χ2n) is 12.7. The van der Waals surface area contributed by atoms with Crippen LogP contribution in [0.5, 0.6) is 0 Å². The predicted octanol–water partition coefficient (Wildman–Crippen LogP) is 7.56. The van der Waals surface area contributed by atoms with Gasteiger partial charge in [0.15, 0.2) is 0 Å². The van der Waals surface area contributed by atoms with E-state index in [1.165, 1.54) is 116 Å². The van der Waals surface area contributed by atoms with Crippen molar-refractivity contribution in [3.05, 3.63) is 0 Å². The zero-order valence-electron chi connectivity index (χ0n) is 28.6. The fourth-order valence-electron chi connectivity index (χ4n) is 5.31. The third-order valence-corrected chi connectivity index (χ3v) is 8.01. The molecular weight excluding hydrogens is 568 g/mol. The second-order valence-corrected chi connectivity index (χ2v) is 12.7. The van der Waals surface area contributed by atoms with Crippen LogP contribution in [0.1, 0.15) is 206 Å². The molecular formula is C36H70CaO6. The molecule has 0 fully saturated rings. The summed E-state index contributed by atoms with van der Waals surface area (Å²) in [7, 11) is 0. The Morgan fingerprint density at radius 1 is 0.395 bits per heavy atom. The molecule has 0 bridgehead atoms. The number of carbonyl (C=O) groups excluding carboxylic acids is 2. The second kappa shape index (κ2) is 40.1. The Morgan fingerprint density at radius 2 is 0.558 bits per heavy atom. The maximum atomic E-state index is 10.2. The number of carboxylic acids is 2. The van der Waals surface area contributed by atoms with Gasteiger partial charge in [0.05, 0.1) is 12.2 Å². The molecule has 0 radical (unpaired) electrons. The van der Waals surface area contributed by atoms with Crippen molar-refractivity contribution in [3.63, 3.8) is 0 Å². The molecule has 0 rings (SSSR count). The maximum Gasteiger partial charge on any atom is 2.00 e. The van der Waals surface area contributed by atoms with Crippen LogP contribution in [0.3, 0.4) is 0 Å². The molecule has 43 heavy (non-hydrogen) atoms. The molecule has 0 aromatic carbocycles. The van der Waals surface area contributed by atoms with Crippen molar-refractivity contribution in [2.24, 2.45) is 0 Å². The molecule has 0 saturated carbocycles. The van der Waals surface area contributed by atoms with E-state index in [0.29, 0.717) is 0 Å². The maximum absolute atomic E-state index is 10.2. The Bertz CT molecular complexity index is 508. The van der Waals surface area contributed by atoms with Gasteiger partial charge in [-0.3, -0.25) is 0 Å². The molecule has 0 aromatic rings. The summed E-state index contributed by atoms with van der Waals surface area (Å²) in [5.41, 5.74) is 0. The van der Waals surface area contributed by atoms with Crippen LogP contribution in [-0.4, -0.2) is 72.1 Å². The Balaban J connectivity index is -0.000000727. The van der Waals surface area contributed by atoms with Gasteiger partial charge in [-0.1, -0.05) is 154 Å². The average molecular weight is 639 g/mol. The van der Waals surface area contributed by atoms with Gasteiger partial charge in [-0.25, -0.2) is 0 Å². The number of aliphatic carboxylic acids is 2. The van der Waals surface area contributed by atoms with Crippen molar-refractivity contribution in [2.45, 2.75) is 219 Å². The molecule has 0 aliphatic rings. The van der Waals surface area contributed by atoms with E-state index in [1.54, 1.807) is 0 Å². The monoisotopic (exact) mass is 638 g/mol. The summed E-state index contributed by atoms with van der Waals surface area (Å²) < 4.78 is 0. The number of hydrogen-bond donors (Lipinski definition) is 2. The zero-order valence-corrected chi connectivity index (χ0v) is 30.8. The Labute approximate surface area is 296 Å². The summed E-state index contributed by atoms with van der Waals surface area (Å²) in [6.07, 6.45) is 33.9. The van der Waals surface area contributed by atoms with Gasteiger partial charge in [0.2, 0.25) is 0 Å². The molecule has 0 aliphatic carbocycles. The van der Waals surface area contributed by atoms with E-state index in [4.69, 9.17) is 10.2 Å². The number of aliphatic hydroxyl groups is 2. The van der Waals surface area contributed by atoms with E-state index in [-0.39, 0.29) is 62.8 Å². The molecule has 252 valence electrons. The molecule has 0 amide bonds. The van der Waals surface area contributed by atoms with Crippen LogP contribution in [0.15, 0.2) is 0 Å². The summed E-state index contributed by atoms with van der Waals surface area (Å²) in [6.45, 7) is 3.73. The molecule has 6 nitrogen and oxygen atoms in total. The quantitative estimate of drug-likeness (QED) is 0.0580. The van der Waals surface area contributed by atoms with Crippen LogP contribution in [0.25, 0.3) is 0 Å². The van der Waals surface area contributed by atoms with Crippen molar-refractivity contribution in [1.82, 2.24) is 0 Å². The number of hydrogen-bond acceptors (Lipinski definition) is 6. The van der Waals surface area contributed by atoms with Crippen molar-refractivity contribution < 1.29 is 30.0 Å². The normalized spacial score (nSPS) is 12.2. The van der Waals surface area contributed by atoms with Gasteiger partial charge in [0, 0.05) is 11.9 Å². The van der Waals surface area contributed by atoms with Crippen LogP contribution >= 0.6 is 0 Å². The molecule has 7 heteroatoms. The Hall–Kier alpha value is 0.120. The number of unbranched alkanes of at least 4 members (excludes halogenated alkanes) is 24. The van der Waals surface area contributed by atoms with E-state index < -0.39 is 11.9 Å². The van der Waals surface area contributed by atoms with Crippen LogP contribution in [0, 0.1) is 0 Å². The van der Waals surface area contributed by atoms with E-state index in [1.807, 2.05) is 13.8 Å². The topological polar surface area (TPSA) is 121 Å². The molecule has 0 aliphatic heterocycles. The van der Waals surface area contributed by atoms with Gasteiger partial charge < -0.3 is 30.0 Å². The van der Waals surface area contributed by atoms with Crippen molar-refractivity contribution in [1.29, 1.82) is 0 Å². The minimum Gasteiger partial charge on any atom is -0.550 e. The summed E-state index contributed by atoms with van der Waals surface area (Å²) >= 11 is 0. The van der Waals surface area contributed by atoms with E-state index in [0.717, 1.165) is 64.2 Å².